The minimum Gasteiger partial charge on any atom is -0.508 e. The summed E-state index contributed by atoms with van der Waals surface area (Å²) in [5.74, 6) is 0.475. The molecule has 0 bridgehead atoms. The molecule has 0 heterocycles. The summed E-state index contributed by atoms with van der Waals surface area (Å²) in [6.45, 7) is 6.99. The first-order valence-electron chi connectivity index (χ1n) is 11.5. The Bertz CT molecular complexity index is 906. The van der Waals surface area contributed by atoms with E-state index in [4.69, 9.17) is 0 Å². The second-order valence-electron chi connectivity index (χ2n) is 9.75. The van der Waals surface area contributed by atoms with E-state index in [2.05, 4.69) is 30.8 Å². The lowest BCUT2D eigenvalue weighted by Gasteiger charge is -2.33. The molecule has 1 atom stereocenters. The fraction of sp³-hybridized carbons (Fsp3) is 0.577. The highest BCUT2D eigenvalue weighted by atomic mass is 19.4. The molecule has 1 unspecified atom stereocenters. The number of benzene rings is 2. The van der Waals surface area contributed by atoms with E-state index >= 15 is 0 Å². The van der Waals surface area contributed by atoms with E-state index in [9.17, 15) is 23.1 Å². The van der Waals surface area contributed by atoms with Gasteiger partial charge in [-0.1, -0.05) is 58.2 Å². The number of carbonyl (C=O) groups is 1. The van der Waals surface area contributed by atoms with Crippen LogP contribution in [0.25, 0.3) is 10.8 Å². The van der Waals surface area contributed by atoms with Crippen molar-refractivity contribution >= 4 is 16.7 Å². The van der Waals surface area contributed by atoms with Gasteiger partial charge in [0.1, 0.15) is 11.8 Å². The number of aromatic hydroxyl groups is 1. The van der Waals surface area contributed by atoms with Crippen LogP contribution in [0.3, 0.4) is 0 Å². The Kier molecular flexibility index (Phi) is 9.58. The van der Waals surface area contributed by atoms with Crippen molar-refractivity contribution in [2.45, 2.75) is 71.5 Å². The molecule has 3 rings (SSSR count). The Hall–Kier alpha value is -2.28. The monoisotopic (exact) mass is 469 g/mol. The molecule has 1 fully saturated rings. The molecule has 1 aliphatic rings. The van der Waals surface area contributed by atoms with Gasteiger partial charge < -0.3 is 15.2 Å². The highest BCUT2D eigenvalue weighted by Gasteiger charge is 2.40. The van der Waals surface area contributed by atoms with Gasteiger partial charge in [-0.15, -0.1) is 0 Å². The van der Waals surface area contributed by atoms with Crippen LogP contribution < -0.4 is 5.32 Å². The molecule has 2 aromatic carbocycles. The zero-order valence-corrected chi connectivity index (χ0v) is 20.0. The second kappa shape index (κ2) is 11.7. The van der Waals surface area contributed by atoms with Gasteiger partial charge in [0.15, 0.2) is 0 Å². The van der Waals surface area contributed by atoms with Crippen LogP contribution in [0.1, 0.15) is 72.3 Å². The number of hydrogen-bond acceptors (Lipinski definition) is 4. The first-order chi connectivity index (χ1) is 15.4. The van der Waals surface area contributed by atoms with Crippen LogP contribution in [0, 0.1) is 11.3 Å². The van der Waals surface area contributed by atoms with Crippen molar-refractivity contribution in [3.63, 3.8) is 0 Å². The summed E-state index contributed by atoms with van der Waals surface area (Å²) in [5.41, 5.74) is 0.612. The fourth-order valence-corrected chi connectivity index (χ4v) is 4.24. The lowest BCUT2D eigenvalue weighted by atomic mass is 9.72. The minimum absolute atomic E-state index is 0. The van der Waals surface area contributed by atoms with Crippen molar-refractivity contribution in [2.24, 2.45) is 11.3 Å². The number of phenols is 1. The average molecular weight is 470 g/mol. The van der Waals surface area contributed by atoms with Gasteiger partial charge in [-0.2, -0.15) is 13.2 Å². The Morgan fingerprint density at radius 3 is 2.24 bits per heavy atom. The number of rotatable bonds is 5. The van der Waals surface area contributed by atoms with Crippen molar-refractivity contribution in [3.05, 3.63) is 42.0 Å². The van der Waals surface area contributed by atoms with E-state index < -0.39 is 18.2 Å². The fourth-order valence-electron chi connectivity index (χ4n) is 4.24. The largest absolute Gasteiger partial charge is 0.508 e. The quantitative estimate of drug-likeness (QED) is 0.456. The van der Waals surface area contributed by atoms with Gasteiger partial charge >= 0.3 is 12.1 Å². The highest BCUT2D eigenvalue weighted by Crippen LogP contribution is 2.37. The van der Waals surface area contributed by atoms with E-state index in [1.165, 1.54) is 69.5 Å². The SMILES string of the molecule is CC(C)(C)C1CCCCC1.COC(=O)CCNC(c1ccc2cc(O)ccc2c1)C(F)(F)F.[HH]. The Morgan fingerprint density at radius 2 is 1.70 bits per heavy atom. The molecular formula is C26H38F3NO3. The van der Waals surface area contributed by atoms with E-state index in [-0.39, 0.29) is 25.7 Å². The standard InChI is InChI=1S/C16H16F3NO3.C10H20.H2/c1-23-14(22)6-7-20-15(16(17,18)19)12-3-2-11-9-13(21)5-4-10(11)8-12;1-10(2,3)9-7-5-4-6-8-9;/h2-5,8-9,15,20-21H,6-7H2,1H3;9H,4-8H2,1-3H3;1H. The molecule has 4 nitrogen and oxygen atoms in total. The van der Waals surface area contributed by atoms with Gasteiger partial charge in [0, 0.05) is 7.97 Å². The van der Waals surface area contributed by atoms with Gasteiger partial charge in [0.2, 0.25) is 0 Å². The third kappa shape index (κ3) is 8.54. The summed E-state index contributed by atoms with van der Waals surface area (Å²) >= 11 is 0. The van der Waals surface area contributed by atoms with Crippen molar-refractivity contribution in [2.75, 3.05) is 13.7 Å². The maximum absolute atomic E-state index is 13.3. The van der Waals surface area contributed by atoms with Crippen molar-refractivity contribution < 1.29 is 29.2 Å². The number of fused-ring (bicyclic) bond motifs is 1. The molecule has 1 aliphatic carbocycles. The first kappa shape index (κ1) is 27.0. The average Bonchev–Trinajstić information content (AvgIpc) is 2.76. The molecule has 2 N–H and O–H groups in total. The van der Waals surface area contributed by atoms with Crippen LogP contribution in [0.4, 0.5) is 13.2 Å². The first-order valence-corrected chi connectivity index (χ1v) is 11.5. The van der Waals surface area contributed by atoms with E-state index in [1.54, 1.807) is 6.07 Å². The molecule has 186 valence electrons. The van der Waals surface area contributed by atoms with Gasteiger partial charge in [0.25, 0.3) is 0 Å². The molecule has 0 spiro atoms. The summed E-state index contributed by atoms with van der Waals surface area (Å²) in [6, 6.07) is 6.85. The van der Waals surface area contributed by atoms with Crippen LogP contribution in [-0.4, -0.2) is 30.9 Å². The molecular weight excluding hydrogens is 431 g/mol. The Balaban J connectivity index is 0.000000442. The number of nitrogens with one attached hydrogen (secondary N) is 1. The van der Waals surface area contributed by atoms with Crippen molar-refractivity contribution in [1.29, 1.82) is 0 Å². The zero-order valence-electron chi connectivity index (χ0n) is 20.0. The second-order valence-corrected chi connectivity index (χ2v) is 9.75. The zero-order chi connectivity index (χ0) is 24.6. The summed E-state index contributed by atoms with van der Waals surface area (Å²) in [6.07, 6.45) is 2.73. The molecule has 2 aromatic rings. The van der Waals surface area contributed by atoms with E-state index in [0.29, 0.717) is 16.2 Å². The molecule has 0 radical (unpaired) electrons. The topological polar surface area (TPSA) is 58.6 Å². The van der Waals surface area contributed by atoms with Crippen LogP contribution in [-0.2, 0) is 9.53 Å². The molecule has 7 heteroatoms. The predicted octanol–water partition coefficient (Wildman–Crippen LogP) is 7.16. The molecule has 0 aromatic heterocycles. The number of methoxy groups -OCH3 is 1. The van der Waals surface area contributed by atoms with Gasteiger partial charge in [-0.05, 0) is 58.7 Å². The summed E-state index contributed by atoms with van der Waals surface area (Å²) in [7, 11) is 1.18. The summed E-state index contributed by atoms with van der Waals surface area (Å²) < 4.78 is 44.2. The molecule has 0 aliphatic heterocycles. The van der Waals surface area contributed by atoms with Crippen LogP contribution in [0.2, 0.25) is 0 Å². The normalized spacial score (nSPS) is 16.1. The van der Waals surface area contributed by atoms with Crippen LogP contribution in [0.5, 0.6) is 5.75 Å². The lowest BCUT2D eigenvalue weighted by Crippen LogP contribution is -2.35. The van der Waals surface area contributed by atoms with E-state index in [0.717, 1.165) is 5.92 Å². The lowest BCUT2D eigenvalue weighted by molar-refractivity contribution is -0.158. The van der Waals surface area contributed by atoms with Crippen LogP contribution in [0.15, 0.2) is 36.4 Å². The van der Waals surface area contributed by atoms with E-state index in [1.807, 2.05) is 0 Å². The number of ether oxygens (including phenoxy) is 1. The number of alkyl halides is 3. The number of hydrogen-bond donors (Lipinski definition) is 2. The van der Waals surface area contributed by atoms with Gasteiger partial charge in [-0.3, -0.25) is 4.79 Å². The van der Waals surface area contributed by atoms with Crippen molar-refractivity contribution in [3.8, 4) is 5.75 Å². The molecule has 0 amide bonds. The third-order valence-corrected chi connectivity index (χ3v) is 6.24. The minimum atomic E-state index is -4.50. The number of phenolic OH excluding ortho intramolecular Hbond substituents is 1. The van der Waals surface area contributed by atoms with Crippen molar-refractivity contribution in [1.82, 2.24) is 5.32 Å². The summed E-state index contributed by atoms with van der Waals surface area (Å²) in [4.78, 5) is 11.0. The Labute approximate surface area is 196 Å². The third-order valence-electron chi connectivity index (χ3n) is 6.24. The number of halogens is 3. The van der Waals surface area contributed by atoms with Crippen LogP contribution >= 0.6 is 0 Å². The number of carbonyl (C=O) groups excluding carboxylic acids is 1. The summed E-state index contributed by atoms with van der Waals surface area (Å²) in [5, 5.41) is 13.0. The smallest absolute Gasteiger partial charge is 0.407 e. The Morgan fingerprint density at radius 1 is 1.09 bits per heavy atom. The molecule has 0 saturated heterocycles. The predicted molar refractivity (Wildman–Crippen MR) is 127 cm³/mol. The number of esters is 1. The maximum Gasteiger partial charge on any atom is 0.407 e. The highest BCUT2D eigenvalue weighted by molar-refractivity contribution is 5.84. The van der Waals surface area contributed by atoms with Gasteiger partial charge in [0.05, 0.1) is 13.5 Å². The van der Waals surface area contributed by atoms with Gasteiger partial charge in [-0.25, -0.2) is 0 Å². The molecule has 33 heavy (non-hydrogen) atoms. The molecule has 1 saturated carbocycles. The maximum atomic E-state index is 13.3.